The molecule has 1 aliphatic rings. The van der Waals surface area contributed by atoms with Gasteiger partial charge in [0.1, 0.15) is 10.2 Å². The van der Waals surface area contributed by atoms with E-state index in [-0.39, 0.29) is 6.09 Å². The summed E-state index contributed by atoms with van der Waals surface area (Å²) in [6.07, 6.45) is -0.241. The van der Waals surface area contributed by atoms with Gasteiger partial charge < -0.3 is 19.1 Å². The summed E-state index contributed by atoms with van der Waals surface area (Å²) in [7, 11) is 0. The van der Waals surface area contributed by atoms with Crippen molar-refractivity contribution >= 4 is 27.7 Å². The van der Waals surface area contributed by atoms with Gasteiger partial charge in [-0.3, -0.25) is 0 Å². The van der Waals surface area contributed by atoms with E-state index in [4.69, 9.17) is 9.84 Å². The molecule has 7 nitrogen and oxygen atoms in total. The maximum atomic E-state index is 12.3. The molecule has 4 rings (SSSR count). The molecule has 170 valence electrons. The molecule has 0 atom stereocenters. The summed E-state index contributed by atoms with van der Waals surface area (Å²) in [5.41, 5.74) is 3.92. The van der Waals surface area contributed by atoms with Gasteiger partial charge >= 0.3 is 6.09 Å². The summed E-state index contributed by atoms with van der Waals surface area (Å²) in [6.45, 7) is 12.6. The second kappa shape index (κ2) is 8.65. The first kappa shape index (κ1) is 22.5. The number of halogens is 1. The zero-order valence-corrected chi connectivity index (χ0v) is 20.9. The minimum atomic E-state index is -0.476. The Balaban J connectivity index is 1.50. The number of hydrogen-bond acceptors (Lipinski definition) is 4. The Hall–Kier alpha value is -2.74. The summed E-state index contributed by atoms with van der Waals surface area (Å²) in [5, 5.41) is 4.84. The molecule has 0 spiro atoms. The highest BCUT2D eigenvalue weighted by molar-refractivity contribution is 9.10. The third kappa shape index (κ3) is 4.70. The standard InChI is InChI=1S/C24H30BrN5O2/c1-17-9-10-18(2)29(17)22-16-21(25)30(26-22)20-8-6-7-19(15-20)27-11-13-28(14-12-27)23(31)32-24(3,4)5/h6-10,15-16H,11-14H2,1-5H3. The van der Waals surface area contributed by atoms with E-state index in [1.807, 2.05) is 37.6 Å². The van der Waals surface area contributed by atoms with E-state index in [9.17, 15) is 4.79 Å². The lowest BCUT2D eigenvalue weighted by molar-refractivity contribution is 0.0240. The van der Waals surface area contributed by atoms with E-state index in [0.717, 1.165) is 46.3 Å². The third-order valence-corrected chi connectivity index (χ3v) is 6.09. The second-order valence-corrected chi connectivity index (χ2v) is 9.98. The fourth-order valence-electron chi connectivity index (χ4n) is 3.96. The number of amides is 1. The van der Waals surface area contributed by atoms with Gasteiger partial charge in [-0.05, 0) is 80.9 Å². The molecule has 0 aliphatic carbocycles. The van der Waals surface area contributed by atoms with Crippen LogP contribution in [0.4, 0.5) is 10.5 Å². The van der Waals surface area contributed by atoms with Gasteiger partial charge in [0.05, 0.1) is 5.69 Å². The number of carbonyl (C=O) groups excluding carboxylic acids is 1. The molecule has 0 unspecified atom stereocenters. The Morgan fingerprint density at radius 3 is 2.22 bits per heavy atom. The Kier molecular flexibility index (Phi) is 6.07. The monoisotopic (exact) mass is 499 g/mol. The summed E-state index contributed by atoms with van der Waals surface area (Å²) >= 11 is 3.67. The number of benzene rings is 1. The van der Waals surface area contributed by atoms with Crippen molar-refractivity contribution < 1.29 is 9.53 Å². The smallest absolute Gasteiger partial charge is 0.410 e. The number of rotatable bonds is 3. The van der Waals surface area contributed by atoms with E-state index in [1.165, 1.54) is 0 Å². The van der Waals surface area contributed by atoms with E-state index in [0.29, 0.717) is 13.1 Å². The molecule has 2 aromatic heterocycles. The molecule has 1 aliphatic heterocycles. The minimum Gasteiger partial charge on any atom is -0.444 e. The molecule has 3 heterocycles. The van der Waals surface area contributed by atoms with Gasteiger partial charge in [-0.25, -0.2) is 9.48 Å². The van der Waals surface area contributed by atoms with Crippen molar-refractivity contribution in [3.8, 4) is 11.5 Å². The topological polar surface area (TPSA) is 55.5 Å². The molecule has 0 N–H and O–H groups in total. The van der Waals surface area contributed by atoms with Crippen molar-refractivity contribution in [2.75, 3.05) is 31.1 Å². The number of ether oxygens (including phenoxy) is 1. The fraction of sp³-hybridized carbons (Fsp3) is 0.417. The summed E-state index contributed by atoms with van der Waals surface area (Å²) in [6, 6.07) is 14.6. The van der Waals surface area contributed by atoms with Gasteiger partial charge in [0, 0.05) is 49.3 Å². The zero-order valence-electron chi connectivity index (χ0n) is 19.3. The van der Waals surface area contributed by atoms with Crippen molar-refractivity contribution in [1.82, 2.24) is 19.2 Å². The normalized spacial score (nSPS) is 14.7. The molecule has 1 saturated heterocycles. The van der Waals surface area contributed by atoms with Gasteiger partial charge in [0.2, 0.25) is 0 Å². The van der Waals surface area contributed by atoms with Crippen molar-refractivity contribution in [2.24, 2.45) is 0 Å². The number of nitrogens with zero attached hydrogens (tertiary/aromatic N) is 5. The number of piperazine rings is 1. The molecular formula is C24H30BrN5O2. The van der Waals surface area contributed by atoms with E-state index < -0.39 is 5.60 Å². The van der Waals surface area contributed by atoms with Crippen LogP contribution in [0.3, 0.4) is 0 Å². The number of aromatic nitrogens is 3. The van der Waals surface area contributed by atoms with Crippen LogP contribution in [-0.4, -0.2) is 57.1 Å². The number of aryl methyl sites for hydroxylation is 2. The Morgan fingerprint density at radius 1 is 0.969 bits per heavy atom. The molecule has 32 heavy (non-hydrogen) atoms. The molecule has 8 heteroatoms. The average Bonchev–Trinajstić information content (AvgIpc) is 3.28. The quantitative estimate of drug-likeness (QED) is 0.502. The fourth-order valence-corrected chi connectivity index (χ4v) is 4.45. The lowest BCUT2D eigenvalue weighted by Gasteiger charge is -2.36. The molecule has 1 aromatic carbocycles. The highest BCUT2D eigenvalue weighted by Gasteiger charge is 2.26. The van der Waals surface area contributed by atoms with Crippen LogP contribution in [0.25, 0.3) is 11.5 Å². The van der Waals surface area contributed by atoms with Crippen LogP contribution >= 0.6 is 15.9 Å². The van der Waals surface area contributed by atoms with Crippen LogP contribution in [0, 0.1) is 13.8 Å². The molecule has 0 radical (unpaired) electrons. The van der Waals surface area contributed by atoms with Gasteiger partial charge in [-0.15, -0.1) is 5.10 Å². The Labute approximate surface area is 197 Å². The van der Waals surface area contributed by atoms with Crippen LogP contribution in [0.1, 0.15) is 32.2 Å². The van der Waals surface area contributed by atoms with Crippen LogP contribution < -0.4 is 4.90 Å². The summed E-state index contributed by atoms with van der Waals surface area (Å²) < 4.78 is 10.5. The molecule has 0 saturated carbocycles. The van der Waals surface area contributed by atoms with Gasteiger partial charge in [-0.2, -0.15) is 0 Å². The highest BCUT2D eigenvalue weighted by Crippen LogP contribution is 2.26. The lowest BCUT2D eigenvalue weighted by atomic mass is 10.2. The predicted molar refractivity (Wildman–Crippen MR) is 130 cm³/mol. The Morgan fingerprint density at radius 2 is 1.59 bits per heavy atom. The first-order valence-electron chi connectivity index (χ1n) is 10.9. The van der Waals surface area contributed by atoms with Crippen LogP contribution in [0.15, 0.2) is 47.1 Å². The van der Waals surface area contributed by atoms with Crippen LogP contribution in [-0.2, 0) is 4.74 Å². The molecule has 3 aromatic rings. The van der Waals surface area contributed by atoms with Crippen LogP contribution in [0.5, 0.6) is 0 Å². The van der Waals surface area contributed by atoms with Crippen LogP contribution in [0.2, 0.25) is 0 Å². The van der Waals surface area contributed by atoms with Crippen molar-refractivity contribution in [3.63, 3.8) is 0 Å². The summed E-state index contributed by atoms with van der Waals surface area (Å²) in [5.74, 6) is 0.883. The lowest BCUT2D eigenvalue weighted by Crippen LogP contribution is -2.50. The van der Waals surface area contributed by atoms with Gasteiger partial charge in [0.25, 0.3) is 0 Å². The SMILES string of the molecule is Cc1ccc(C)n1-c1cc(Br)n(-c2cccc(N3CCN(C(=O)OC(C)(C)C)CC3)c2)n1. The minimum absolute atomic E-state index is 0.241. The Bertz CT molecular complexity index is 1100. The first-order valence-corrected chi connectivity index (χ1v) is 11.7. The third-order valence-electron chi connectivity index (χ3n) is 5.52. The van der Waals surface area contributed by atoms with E-state index >= 15 is 0 Å². The van der Waals surface area contributed by atoms with E-state index in [1.54, 1.807) is 4.90 Å². The highest BCUT2D eigenvalue weighted by atomic mass is 79.9. The molecule has 0 bridgehead atoms. The number of carbonyl (C=O) groups is 1. The molecule has 1 amide bonds. The van der Waals surface area contributed by atoms with Crippen molar-refractivity contribution in [3.05, 3.63) is 58.5 Å². The average molecular weight is 500 g/mol. The van der Waals surface area contributed by atoms with E-state index in [2.05, 4.69) is 69.6 Å². The largest absolute Gasteiger partial charge is 0.444 e. The van der Waals surface area contributed by atoms with Crippen molar-refractivity contribution in [1.29, 1.82) is 0 Å². The second-order valence-electron chi connectivity index (χ2n) is 9.16. The first-order chi connectivity index (χ1) is 15.1. The maximum absolute atomic E-state index is 12.3. The number of anilines is 1. The van der Waals surface area contributed by atoms with Crippen molar-refractivity contribution in [2.45, 2.75) is 40.2 Å². The van der Waals surface area contributed by atoms with Gasteiger partial charge in [-0.1, -0.05) is 6.07 Å². The zero-order chi connectivity index (χ0) is 23.0. The predicted octanol–water partition coefficient (Wildman–Crippen LogP) is 5.10. The molecular weight excluding hydrogens is 470 g/mol. The number of hydrogen-bond donors (Lipinski definition) is 0. The molecule has 1 fully saturated rings. The maximum Gasteiger partial charge on any atom is 0.410 e. The summed E-state index contributed by atoms with van der Waals surface area (Å²) in [4.78, 5) is 16.4. The van der Waals surface area contributed by atoms with Gasteiger partial charge in [0.15, 0.2) is 5.82 Å².